The minimum atomic E-state index is -3.88. The maximum absolute atomic E-state index is 13.8. The SMILES string of the molecule is O=S(=O)(c1ccc(Cl)s1)N1[C@H]2CC[C@@H]([C@H]1c1ccc(F)c(F)c1)[C@@H](O)C2. The molecule has 2 aliphatic heterocycles. The number of fused-ring (bicyclic) bond motifs is 3. The smallest absolute Gasteiger partial charge is 0.253 e. The largest absolute Gasteiger partial charge is 0.393 e. The predicted molar refractivity (Wildman–Crippen MR) is 94.6 cm³/mol. The first-order valence-electron chi connectivity index (χ1n) is 8.21. The van der Waals surface area contributed by atoms with Crippen molar-refractivity contribution in [3.8, 4) is 0 Å². The van der Waals surface area contributed by atoms with E-state index in [9.17, 15) is 22.3 Å². The van der Waals surface area contributed by atoms with Crippen molar-refractivity contribution in [3.05, 3.63) is 51.9 Å². The Labute approximate surface area is 159 Å². The molecule has 0 unspecified atom stereocenters. The van der Waals surface area contributed by atoms with E-state index in [-0.39, 0.29) is 16.2 Å². The molecule has 4 atom stereocenters. The molecule has 1 aromatic carbocycles. The molecular formula is C17H16ClF2NO3S2. The third kappa shape index (κ3) is 2.88. The fraction of sp³-hybridized carbons (Fsp3) is 0.412. The molecule has 5 rings (SSSR count). The van der Waals surface area contributed by atoms with Crippen molar-refractivity contribution >= 4 is 33.0 Å². The normalized spacial score (nSPS) is 29.2. The van der Waals surface area contributed by atoms with Gasteiger partial charge in [-0.3, -0.25) is 0 Å². The van der Waals surface area contributed by atoms with Gasteiger partial charge in [-0.1, -0.05) is 17.7 Å². The van der Waals surface area contributed by atoms with Crippen molar-refractivity contribution < 1.29 is 22.3 Å². The number of rotatable bonds is 3. The van der Waals surface area contributed by atoms with Gasteiger partial charge in [-0.25, -0.2) is 17.2 Å². The van der Waals surface area contributed by atoms with E-state index in [2.05, 4.69) is 0 Å². The first kappa shape index (κ1) is 18.3. The quantitative estimate of drug-likeness (QED) is 0.819. The Bertz CT molecular complexity index is 949. The molecule has 2 aromatic rings. The molecule has 1 aliphatic carbocycles. The number of thiophene rings is 1. The van der Waals surface area contributed by atoms with E-state index in [1.807, 2.05) is 0 Å². The van der Waals surface area contributed by atoms with Gasteiger partial charge in [-0.15, -0.1) is 11.3 Å². The minimum Gasteiger partial charge on any atom is -0.393 e. The Balaban J connectivity index is 1.84. The maximum Gasteiger partial charge on any atom is 0.253 e. The van der Waals surface area contributed by atoms with Gasteiger partial charge in [0.25, 0.3) is 10.0 Å². The molecule has 3 aliphatic rings. The molecule has 3 fully saturated rings. The summed E-state index contributed by atoms with van der Waals surface area (Å²) in [6.45, 7) is 0. The second-order valence-electron chi connectivity index (χ2n) is 6.71. The maximum atomic E-state index is 13.8. The zero-order chi connectivity index (χ0) is 18.6. The topological polar surface area (TPSA) is 57.6 Å². The number of nitrogens with zero attached hydrogens (tertiary/aromatic N) is 1. The Hall–Kier alpha value is -1.06. The van der Waals surface area contributed by atoms with Gasteiger partial charge >= 0.3 is 0 Å². The fourth-order valence-electron chi connectivity index (χ4n) is 4.14. The Morgan fingerprint density at radius 3 is 2.54 bits per heavy atom. The van der Waals surface area contributed by atoms with Gasteiger partial charge in [0.2, 0.25) is 0 Å². The molecule has 2 bridgehead atoms. The van der Waals surface area contributed by atoms with Crippen LogP contribution in [-0.2, 0) is 10.0 Å². The number of piperidine rings is 2. The monoisotopic (exact) mass is 419 g/mol. The highest BCUT2D eigenvalue weighted by Crippen LogP contribution is 2.50. The van der Waals surface area contributed by atoms with Crippen molar-refractivity contribution in [1.29, 1.82) is 0 Å². The number of aliphatic hydroxyl groups excluding tert-OH is 1. The molecule has 0 amide bonds. The third-order valence-electron chi connectivity index (χ3n) is 5.25. The Morgan fingerprint density at radius 1 is 1.15 bits per heavy atom. The second kappa shape index (κ2) is 6.53. The first-order chi connectivity index (χ1) is 12.3. The summed E-state index contributed by atoms with van der Waals surface area (Å²) in [6.07, 6.45) is 0.918. The van der Waals surface area contributed by atoms with Gasteiger partial charge in [-0.05, 0) is 49.1 Å². The van der Waals surface area contributed by atoms with E-state index in [0.29, 0.717) is 29.2 Å². The van der Waals surface area contributed by atoms with Gasteiger partial charge < -0.3 is 5.11 Å². The van der Waals surface area contributed by atoms with Crippen molar-refractivity contribution in [1.82, 2.24) is 4.31 Å². The van der Waals surface area contributed by atoms with Crippen molar-refractivity contribution in [2.75, 3.05) is 0 Å². The lowest BCUT2D eigenvalue weighted by atomic mass is 9.72. The van der Waals surface area contributed by atoms with E-state index in [1.54, 1.807) is 0 Å². The van der Waals surface area contributed by atoms with Gasteiger partial charge in [0.05, 0.1) is 16.5 Å². The molecule has 140 valence electrons. The van der Waals surface area contributed by atoms with E-state index < -0.39 is 33.8 Å². The summed E-state index contributed by atoms with van der Waals surface area (Å²) < 4.78 is 55.5. The minimum absolute atomic E-state index is 0.108. The Kier molecular flexibility index (Phi) is 4.60. The number of benzene rings is 1. The first-order valence-corrected chi connectivity index (χ1v) is 10.8. The molecular weight excluding hydrogens is 404 g/mol. The van der Waals surface area contributed by atoms with Crippen LogP contribution >= 0.6 is 22.9 Å². The summed E-state index contributed by atoms with van der Waals surface area (Å²) in [7, 11) is -3.88. The van der Waals surface area contributed by atoms with Crippen LogP contribution in [0, 0.1) is 17.6 Å². The van der Waals surface area contributed by atoms with Gasteiger partial charge in [0.1, 0.15) is 4.21 Å². The van der Waals surface area contributed by atoms with Gasteiger partial charge in [0, 0.05) is 12.0 Å². The molecule has 9 heteroatoms. The zero-order valence-electron chi connectivity index (χ0n) is 13.5. The average molecular weight is 420 g/mol. The highest BCUT2D eigenvalue weighted by atomic mass is 35.5. The highest BCUT2D eigenvalue weighted by Gasteiger charge is 2.52. The molecule has 0 radical (unpaired) electrons. The van der Waals surface area contributed by atoms with Crippen LogP contribution in [0.5, 0.6) is 0 Å². The molecule has 1 N–H and O–H groups in total. The van der Waals surface area contributed by atoms with E-state index in [0.717, 1.165) is 23.5 Å². The average Bonchev–Trinajstić information content (AvgIpc) is 3.04. The standard InChI is InChI=1S/C17H16ClF2NO3S2/c18-15-5-6-16(25-15)26(23,24)21-10-2-3-11(14(22)8-10)17(21)9-1-4-12(19)13(20)7-9/h1,4-7,10-11,14,17,22H,2-3,8H2/t10-,11+,14-,17+/m0/s1. The third-order valence-corrected chi connectivity index (χ3v) is 8.88. The van der Waals surface area contributed by atoms with Gasteiger partial charge in [0.15, 0.2) is 11.6 Å². The molecule has 1 aromatic heterocycles. The summed E-state index contributed by atoms with van der Waals surface area (Å²) in [6, 6.07) is 5.24. The second-order valence-corrected chi connectivity index (χ2v) is 10.5. The molecule has 1 saturated carbocycles. The van der Waals surface area contributed by atoms with Crippen LogP contribution in [0.3, 0.4) is 0 Å². The number of sulfonamides is 1. The lowest BCUT2D eigenvalue weighted by Crippen LogP contribution is -2.57. The van der Waals surface area contributed by atoms with Crippen LogP contribution in [0.2, 0.25) is 4.34 Å². The van der Waals surface area contributed by atoms with Crippen molar-refractivity contribution in [2.24, 2.45) is 5.92 Å². The number of aliphatic hydroxyl groups is 1. The van der Waals surface area contributed by atoms with Crippen LogP contribution in [0.15, 0.2) is 34.5 Å². The van der Waals surface area contributed by atoms with Crippen LogP contribution in [-0.4, -0.2) is 30.0 Å². The van der Waals surface area contributed by atoms with Gasteiger partial charge in [-0.2, -0.15) is 4.31 Å². The number of halogens is 3. The lowest BCUT2D eigenvalue weighted by Gasteiger charge is -2.52. The van der Waals surface area contributed by atoms with Crippen LogP contribution in [0.1, 0.15) is 30.9 Å². The number of hydrogen-bond acceptors (Lipinski definition) is 4. The van der Waals surface area contributed by atoms with Crippen LogP contribution < -0.4 is 0 Å². The summed E-state index contributed by atoms with van der Waals surface area (Å²) in [5.74, 6) is -2.39. The molecule has 0 spiro atoms. The fourth-order valence-corrected chi connectivity index (χ4v) is 7.61. The molecule has 2 saturated heterocycles. The summed E-state index contributed by atoms with van der Waals surface area (Å²) in [5, 5.41) is 10.4. The Morgan fingerprint density at radius 2 is 1.92 bits per heavy atom. The summed E-state index contributed by atoms with van der Waals surface area (Å²) in [5.41, 5.74) is 0.351. The lowest BCUT2D eigenvalue weighted by molar-refractivity contribution is -0.0538. The highest BCUT2D eigenvalue weighted by molar-refractivity contribution is 7.91. The van der Waals surface area contributed by atoms with Crippen molar-refractivity contribution in [3.63, 3.8) is 0 Å². The summed E-state index contributed by atoms with van der Waals surface area (Å²) in [4.78, 5) is 0. The van der Waals surface area contributed by atoms with Crippen LogP contribution in [0.25, 0.3) is 0 Å². The summed E-state index contributed by atoms with van der Waals surface area (Å²) >= 11 is 6.86. The molecule has 26 heavy (non-hydrogen) atoms. The van der Waals surface area contributed by atoms with E-state index in [1.165, 1.54) is 22.5 Å². The van der Waals surface area contributed by atoms with Crippen molar-refractivity contribution in [2.45, 2.75) is 41.7 Å². The zero-order valence-corrected chi connectivity index (χ0v) is 15.9. The van der Waals surface area contributed by atoms with Crippen LogP contribution in [0.4, 0.5) is 8.78 Å². The molecule has 3 heterocycles. The predicted octanol–water partition coefficient (Wildman–Crippen LogP) is 3.95. The molecule has 4 nitrogen and oxygen atoms in total. The van der Waals surface area contributed by atoms with E-state index >= 15 is 0 Å². The number of hydrogen-bond donors (Lipinski definition) is 1. The van der Waals surface area contributed by atoms with E-state index in [4.69, 9.17) is 11.6 Å².